The largest absolute Gasteiger partial charge is 0.304 e. The van der Waals surface area contributed by atoms with Crippen LogP contribution in [0.2, 0.25) is 0 Å². The van der Waals surface area contributed by atoms with Crippen LogP contribution < -0.4 is 5.32 Å². The monoisotopic (exact) mass is 123 g/mol. The molecule has 0 amide bonds. The lowest BCUT2D eigenvalue weighted by atomic mass is 10.2. The van der Waals surface area contributed by atoms with Crippen molar-refractivity contribution in [3.8, 4) is 11.8 Å². The lowest BCUT2D eigenvalue weighted by Crippen LogP contribution is -2.18. The van der Waals surface area contributed by atoms with Gasteiger partial charge in [-0.1, -0.05) is 12.8 Å². The predicted octanol–water partition coefficient (Wildman–Crippen LogP) is 1.15. The van der Waals surface area contributed by atoms with Crippen molar-refractivity contribution in [1.82, 2.24) is 5.32 Å². The number of hydrogen-bond donors (Lipinski definition) is 1. The highest BCUT2D eigenvalue weighted by atomic mass is 14.9. The van der Waals surface area contributed by atoms with Gasteiger partial charge in [0.05, 0.1) is 6.04 Å². The Kier molecular flexibility index (Phi) is 2.60. The van der Waals surface area contributed by atoms with Crippen LogP contribution in [0, 0.1) is 11.8 Å². The minimum Gasteiger partial charge on any atom is -0.304 e. The van der Waals surface area contributed by atoms with Gasteiger partial charge in [0.25, 0.3) is 0 Å². The van der Waals surface area contributed by atoms with Crippen molar-refractivity contribution in [3.63, 3.8) is 0 Å². The summed E-state index contributed by atoms with van der Waals surface area (Å²) in [6.45, 7) is 3.24. The summed E-state index contributed by atoms with van der Waals surface area (Å²) in [5, 5.41) is 3.32. The zero-order chi connectivity index (χ0) is 6.53. The lowest BCUT2D eigenvalue weighted by molar-refractivity contribution is 0.748. The van der Waals surface area contributed by atoms with Crippen LogP contribution in [0.4, 0.5) is 0 Å². The maximum atomic E-state index is 3.32. The molecular formula is C8H13N. The zero-order valence-corrected chi connectivity index (χ0v) is 5.91. The van der Waals surface area contributed by atoms with Crippen molar-refractivity contribution in [2.75, 3.05) is 6.54 Å². The SMILES string of the molecule is CCC#CC1CCCN1. The van der Waals surface area contributed by atoms with Gasteiger partial charge in [0, 0.05) is 6.42 Å². The second-order valence-corrected chi connectivity index (χ2v) is 2.32. The van der Waals surface area contributed by atoms with Crippen molar-refractivity contribution in [3.05, 3.63) is 0 Å². The Hall–Kier alpha value is -0.480. The Labute approximate surface area is 56.8 Å². The van der Waals surface area contributed by atoms with E-state index in [0.29, 0.717) is 6.04 Å². The minimum absolute atomic E-state index is 0.505. The molecule has 0 bridgehead atoms. The summed E-state index contributed by atoms with van der Waals surface area (Å²) in [5.74, 6) is 6.25. The van der Waals surface area contributed by atoms with Crippen molar-refractivity contribution in [2.24, 2.45) is 0 Å². The fraction of sp³-hybridized carbons (Fsp3) is 0.750. The van der Waals surface area contributed by atoms with Gasteiger partial charge in [0.2, 0.25) is 0 Å². The summed E-state index contributed by atoms with van der Waals surface area (Å²) >= 11 is 0. The molecule has 1 heteroatoms. The van der Waals surface area contributed by atoms with Gasteiger partial charge in [-0.2, -0.15) is 0 Å². The second kappa shape index (κ2) is 3.53. The predicted molar refractivity (Wildman–Crippen MR) is 39.1 cm³/mol. The molecule has 1 aliphatic heterocycles. The molecule has 0 spiro atoms. The van der Waals surface area contributed by atoms with Crippen LogP contribution in [0.1, 0.15) is 26.2 Å². The Balaban J connectivity index is 2.26. The van der Waals surface area contributed by atoms with Crippen LogP contribution in [0.25, 0.3) is 0 Å². The highest BCUT2D eigenvalue weighted by molar-refractivity contribution is 5.08. The standard InChI is InChI=1S/C8H13N/c1-2-3-5-8-6-4-7-9-8/h8-9H,2,4,6-7H2,1H3. The van der Waals surface area contributed by atoms with Crippen molar-refractivity contribution >= 4 is 0 Å². The maximum Gasteiger partial charge on any atom is 0.0690 e. The lowest BCUT2D eigenvalue weighted by Gasteiger charge is -1.96. The van der Waals surface area contributed by atoms with Crippen molar-refractivity contribution in [1.29, 1.82) is 0 Å². The Morgan fingerprint density at radius 1 is 1.67 bits per heavy atom. The van der Waals surface area contributed by atoms with E-state index in [9.17, 15) is 0 Å². The van der Waals surface area contributed by atoms with Crippen LogP contribution >= 0.6 is 0 Å². The van der Waals surface area contributed by atoms with Crippen LogP contribution in [0.5, 0.6) is 0 Å². The fourth-order valence-corrected chi connectivity index (χ4v) is 1.03. The quantitative estimate of drug-likeness (QED) is 0.476. The topological polar surface area (TPSA) is 12.0 Å². The van der Waals surface area contributed by atoms with E-state index in [4.69, 9.17) is 0 Å². The fourth-order valence-electron chi connectivity index (χ4n) is 1.03. The van der Waals surface area contributed by atoms with Crippen molar-refractivity contribution < 1.29 is 0 Å². The summed E-state index contributed by atoms with van der Waals surface area (Å²) < 4.78 is 0. The molecule has 1 unspecified atom stereocenters. The summed E-state index contributed by atoms with van der Waals surface area (Å²) in [6.07, 6.45) is 3.52. The third-order valence-corrected chi connectivity index (χ3v) is 1.51. The van der Waals surface area contributed by atoms with E-state index in [-0.39, 0.29) is 0 Å². The van der Waals surface area contributed by atoms with Gasteiger partial charge in [-0.05, 0) is 19.4 Å². The molecule has 1 saturated heterocycles. The Morgan fingerprint density at radius 2 is 2.56 bits per heavy atom. The molecule has 0 radical (unpaired) electrons. The highest BCUT2D eigenvalue weighted by Crippen LogP contribution is 2.02. The highest BCUT2D eigenvalue weighted by Gasteiger charge is 2.09. The first-order valence-electron chi connectivity index (χ1n) is 3.65. The van der Waals surface area contributed by atoms with Crippen LogP contribution in [-0.2, 0) is 0 Å². The molecule has 1 rings (SSSR count). The molecule has 9 heavy (non-hydrogen) atoms. The van der Waals surface area contributed by atoms with Crippen molar-refractivity contribution in [2.45, 2.75) is 32.2 Å². The number of hydrogen-bond acceptors (Lipinski definition) is 1. The minimum atomic E-state index is 0.505. The molecule has 1 atom stereocenters. The van der Waals surface area contributed by atoms with Gasteiger partial charge >= 0.3 is 0 Å². The van der Waals surface area contributed by atoms with E-state index < -0.39 is 0 Å². The number of rotatable bonds is 0. The van der Waals surface area contributed by atoms with Crippen LogP contribution in [0.3, 0.4) is 0 Å². The van der Waals surface area contributed by atoms with Gasteiger partial charge in [0.15, 0.2) is 0 Å². The van der Waals surface area contributed by atoms with Crippen LogP contribution in [0.15, 0.2) is 0 Å². The molecule has 1 aliphatic rings. The Morgan fingerprint density at radius 3 is 3.11 bits per heavy atom. The van der Waals surface area contributed by atoms with E-state index in [0.717, 1.165) is 13.0 Å². The smallest absolute Gasteiger partial charge is 0.0690 e. The van der Waals surface area contributed by atoms with Gasteiger partial charge < -0.3 is 5.32 Å². The molecule has 1 fully saturated rings. The van der Waals surface area contributed by atoms with E-state index in [1.807, 2.05) is 0 Å². The zero-order valence-electron chi connectivity index (χ0n) is 5.91. The second-order valence-electron chi connectivity index (χ2n) is 2.32. The van der Waals surface area contributed by atoms with E-state index in [2.05, 4.69) is 24.1 Å². The maximum absolute atomic E-state index is 3.32. The third-order valence-electron chi connectivity index (χ3n) is 1.51. The van der Waals surface area contributed by atoms with E-state index >= 15 is 0 Å². The normalized spacial score (nSPS) is 25.2. The summed E-state index contributed by atoms with van der Waals surface area (Å²) in [5.41, 5.74) is 0. The van der Waals surface area contributed by atoms with E-state index in [1.165, 1.54) is 12.8 Å². The molecule has 0 saturated carbocycles. The summed E-state index contributed by atoms with van der Waals surface area (Å²) in [7, 11) is 0. The Bertz CT molecular complexity index is 123. The number of nitrogens with one attached hydrogen (secondary N) is 1. The van der Waals surface area contributed by atoms with Gasteiger partial charge in [-0.25, -0.2) is 0 Å². The molecule has 1 N–H and O–H groups in total. The molecule has 0 aromatic rings. The first-order chi connectivity index (χ1) is 4.43. The first kappa shape index (κ1) is 6.64. The van der Waals surface area contributed by atoms with Gasteiger partial charge in [-0.3, -0.25) is 0 Å². The molecule has 0 aromatic heterocycles. The third kappa shape index (κ3) is 2.07. The van der Waals surface area contributed by atoms with Crippen LogP contribution in [-0.4, -0.2) is 12.6 Å². The first-order valence-corrected chi connectivity index (χ1v) is 3.65. The average Bonchev–Trinajstić information content (AvgIpc) is 2.34. The summed E-state index contributed by atoms with van der Waals surface area (Å²) in [6, 6.07) is 0.505. The molecule has 0 aromatic carbocycles. The molecule has 0 aliphatic carbocycles. The molecule has 1 nitrogen and oxygen atoms in total. The molecule has 50 valence electrons. The van der Waals surface area contributed by atoms with Gasteiger partial charge in [-0.15, -0.1) is 5.92 Å². The molecular weight excluding hydrogens is 110 g/mol. The van der Waals surface area contributed by atoms with Gasteiger partial charge in [0.1, 0.15) is 0 Å². The average molecular weight is 123 g/mol. The van der Waals surface area contributed by atoms with E-state index in [1.54, 1.807) is 0 Å². The molecule has 1 heterocycles. The summed E-state index contributed by atoms with van der Waals surface area (Å²) in [4.78, 5) is 0.